The predicted octanol–water partition coefficient (Wildman–Crippen LogP) is 5.21. The van der Waals surface area contributed by atoms with Crippen LogP contribution in [-0.4, -0.2) is 23.6 Å². The van der Waals surface area contributed by atoms with Crippen LogP contribution in [-0.2, 0) is 22.9 Å². The van der Waals surface area contributed by atoms with E-state index in [1.54, 1.807) is 24.3 Å². The Hall–Kier alpha value is -4.08. The zero-order chi connectivity index (χ0) is 26.0. The zero-order valence-electron chi connectivity index (χ0n) is 19.7. The molecule has 0 unspecified atom stereocenters. The molecular formula is C27H24F3N3O4. The topological polar surface area (TPSA) is 89.5 Å². The molecule has 5 rings (SSSR count). The molecule has 2 N–H and O–H groups in total. The van der Waals surface area contributed by atoms with Gasteiger partial charge < -0.3 is 20.1 Å². The Morgan fingerprint density at radius 2 is 1.76 bits per heavy atom. The van der Waals surface area contributed by atoms with Crippen molar-refractivity contribution in [3.8, 4) is 11.5 Å². The van der Waals surface area contributed by atoms with Gasteiger partial charge in [0.1, 0.15) is 5.69 Å². The fourth-order valence-corrected chi connectivity index (χ4v) is 4.58. The van der Waals surface area contributed by atoms with Crippen LogP contribution < -0.4 is 20.1 Å². The number of pyridine rings is 1. The lowest BCUT2D eigenvalue weighted by Crippen LogP contribution is -2.50. The van der Waals surface area contributed by atoms with Crippen molar-refractivity contribution in [1.29, 1.82) is 0 Å². The number of amides is 2. The largest absolute Gasteiger partial charge is 0.454 e. The number of alkyl halides is 3. The summed E-state index contributed by atoms with van der Waals surface area (Å²) in [7, 11) is 0. The van der Waals surface area contributed by atoms with E-state index in [1.807, 2.05) is 18.2 Å². The molecule has 7 nitrogen and oxygen atoms in total. The highest BCUT2D eigenvalue weighted by Gasteiger charge is 2.40. The molecule has 10 heteroatoms. The van der Waals surface area contributed by atoms with Gasteiger partial charge in [-0.15, -0.1) is 0 Å². The van der Waals surface area contributed by atoms with Crippen LogP contribution in [0.25, 0.3) is 0 Å². The maximum atomic E-state index is 13.2. The first-order chi connectivity index (χ1) is 17.7. The quantitative estimate of drug-likeness (QED) is 0.455. The molecule has 1 aliphatic heterocycles. The third kappa shape index (κ3) is 5.23. The van der Waals surface area contributed by atoms with E-state index in [2.05, 4.69) is 15.6 Å². The molecule has 37 heavy (non-hydrogen) atoms. The molecule has 2 amide bonds. The second-order valence-electron chi connectivity index (χ2n) is 9.10. The molecule has 1 fully saturated rings. The van der Waals surface area contributed by atoms with Crippen LogP contribution in [0.5, 0.6) is 11.5 Å². The summed E-state index contributed by atoms with van der Waals surface area (Å²) < 4.78 is 50.4. The molecule has 1 aromatic heterocycles. The van der Waals surface area contributed by atoms with Gasteiger partial charge in [-0.2, -0.15) is 13.2 Å². The summed E-state index contributed by atoms with van der Waals surface area (Å²) in [5.74, 6) is 0.348. The third-order valence-electron chi connectivity index (χ3n) is 6.69. The third-order valence-corrected chi connectivity index (χ3v) is 6.69. The number of hydrogen-bond acceptors (Lipinski definition) is 5. The van der Waals surface area contributed by atoms with Gasteiger partial charge in [-0.05, 0) is 73.2 Å². The maximum absolute atomic E-state index is 13.2. The number of hydrogen-bond donors (Lipinski definition) is 2. The number of nitrogens with zero attached hydrogens (tertiary/aromatic N) is 1. The molecule has 0 saturated heterocycles. The van der Waals surface area contributed by atoms with Crippen LogP contribution in [0.4, 0.5) is 18.9 Å². The Morgan fingerprint density at radius 3 is 2.46 bits per heavy atom. The van der Waals surface area contributed by atoms with Crippen molar-refractivity contribution < 1.29 is 32.2 Å². The number of anilines is 1. The molecule has 0 radical (unpaired) electrons. The molecule has 0 spiro atoms. The van der Waals surface area contributed by atoms with E-state index in [0.717, 1.165) is 48.7 Å². The van der Waals surface area contributed by atoms with Crippen LogP contribution in [0, 0.1) is 0 Å². The van der Waals surface area contributed by atoms with E-state index in [0.29, 0.717) is 30.0 Å². The molecule has 2 heterocycles. The lowest BCUT2D eigenvalue weighted by Gasteiger charge is -2.43. The van der Waals surface area contributed by atoms with E-state index in [9.17, 15) is 22.8 Å². The molecule has 0 bridgehead atoms. The van der Waals surface area contributed by atoms with Crippen molar-refractivity contribution in [1.82, 2.24) is 10.3 Å². The van der Waals surface area contributed by atoms with Gasteiger partial charge in [-0.1, -0.05) is 18.2 Å². The number of carbonyl (C=O) groups excluding carboxylic acids is 2. The Bertz CT molecular complexity index is 1320. The SMILES string of the molecule is O=C(CCc1ccc2c(c1)OCO2)NC1(c2ccc(NC(=O)c3ncccc3C(F)(F)F)cc2)CCC1. The van der Waals surface area contributed by atoms with E-state index in [1.165, 1.54) is 0 Å². The minimum atomic E-state index is -4.69. The van der Waals surface area contributed by atoms with Crippen LogP contribution >= 0.6 is 0 Å². The minimum Gasteiger partial charge on any atom is -0.454 e. The number of carbonyl (C=O) groups is 2. The summed E-state index contributed by atoms with van der Waals surface area (Å²) in [6, 6.07) is 14.4. The van der Waals surface area contributed by atoms with Crippen molar-refractivity contribution in [2.45, 2.75) is 43.8 Å². The van der Waals surface area contributed by atoms with Crippen molar-refractivity contribution >= 4 is 17.5 Å². The van der Waals surface area contributed by atoms with E-state index in [-0.39, 0.29) is 12.7 Å². The Kier molecular flexibility index (Phi) is 6.49. The average molecular weight is 512 g/mol. The smallest absolute Gasteiger partial charge is 0.418 e. The minimum absolute atomic E-state index is 0.0791. The van der Waals surface area contributed by atoms with E-state index in [4.69, 9.17) is 9.47 Å². The number of rotatable bonds is 7. The number of aromatic nitrogens is 1. The van der Waals surface area contributed by atoms with Crippen LogP contribution in [0.15, 0.2) is 60.8 Å². The monoisotopic (exact) mass is 511 g/mol. The maximum Gasteiger partial charge on any atom is 0.418 e. The Morgan fingerprint density at radius 1 is 1.00 bits per heavy atom. The molecular weight excluding hydrogens is 487 g/mol. The number of ether oxygens (including phenoxy) is 2. The molecule has 2 aliphatic rings. The first-order valence-corrected chi connectivity index (χ1v) is 11.9. The number of halogens is 3. The fraction of sp³-hybridized carbons (Fsp3) is 0.296. The highest BCUT2D eigenvalue weighted by atomic mass is 19.4. The zero-order valence-corrected chi connectivity index (χ0v) is 19.7. The van der Waals surface area contributed by atoms with E-state index < -0.39 is 28.9 Å². The number of benzene rings is 2. The number of nitrogens with one attached hydrogen (secondary N) is 2. The average Bonchev–Trinajstić information content (AvgIpc) is 3.33. The van der Waals surface area contributed by atoms with Crippen molar-refractivity contribution in [3.05, 3.63) is 83.2 Å². The van der Waals surface area contributed by atoms with Gasteiger partial charge in [0.2, 0.25) is 12.7 Å². The molecule has 2 aromatic carbocycles. The van der Waals surface area contributed by atoms with Gasteiger partial charge in [0.25, 0.3) is 5.91 Å². The summed E-state index contributed by atoms with van der Waals surface area (Å²) in [6.07, 6.45) is -0.182. The standard InChI is InChI=1S/C27H24F3N3O4/c28-27(29,30)20-3-1-14-31-24(20)25(35)32-19-8-6-18(7-9-19)26(12-2-13-26)33-23(34)11-5-17-4-10-21-22(15-17)37-16-36-21/h1,3-4,6-10,14-15H,2,5,11-13,16H2,(H,32,35)(H,33,34). The van der Waals surface area contributed by atoms with Crippen molar-refractivity contribution in [2.24, 2.45) is 0 Å². The lowest BCUT2D eigenvalue weighted by molar-refractivity contribution is -0.138. The van der Waals surface area contributed by atoms with Gasteiger partial charge in [0.15, 0.2) is 11.5 Å². The van der Waals surface area contributed by atoms with Gasteiger partial charge in [-0.3, -0.25) is 14.6 Å². The van der Waals surface area contributed by atoms with Gasteiger partial charge in [0, 0.05) is 18.3 Å². The number of aryl methyl sites for hydroxylation is 1. The van der Waals surface area contributed by atoms with Gasteiger partial charge >= 0.3 is 6.18 Å². The molecule has 0 atom stereocenters. The van der Waals surface area contributed by atoms with Gasteiger partial charge in [-0.25, -0.2) is 0 Å². The summed E-state index contributed by atoms with van der Waals surface area (Å²) in [5.41, 5.74) is -0.106. The van der Waals surface area contributed by atoms with Crippen LogP contribution in [0.3, 0.4) is 0 Å². The first kappa shape index (κ1) is 24.6. The lowest BCUT2D eigenvalue weighted by atomic mass is 9.71. The molecule has 192 valence electrons. The van der Waals surface area contributed by atoms with Crippen molar-refractivity contribution in [3.63, 3.8) is 0 Å². The summed E-state index contributed by atoms with van der Waals surface area (Å²) >= 11 is 0. The van der Waals surface area contributed by atoms with Crippen molar-refractivity contribution in [2.75, 3.05) is 12.1 Å². The predicted molar refractivity (Wildman–Crippen MR) is 128 cm³/mol. The van der Waals surface area contributed by atoms with Gasteiger partial charge in [0.05, 0.1) is 11.1 Å². The summed E-state index contributed by atoms with van der Waals surface area (Å²) in [5, 5.41) is 5.64. The molecule has 1 aliphatic carbocycles. The normalized spacial score (nSPS) is 15.5. The number of fused-ring (bicyclic) bond motifs is 1. The Balaban J connectivity index is 1.22. The highest BCUT2D eigenvalue weighted by Crippen LogP contribution is 2.42. The Labute approximate surface area is 211 Å². The summed E-state index contributed by atoms with van der Waals surface area (Å²) in [6.45, 7) is 0.196. The second kappa shape index (κ2) is 9.76. The first-order valence-electron chi connectivity index (χ1n) is 11.9. The highest BCUT2D eigenvalue weighted by molar-refractivity contribution is 6.04. The van der Waals surface area contributed by atoms with Crippen LogP contribution in [0.1, 0.15) is 52.9 Å². The van der Waals surface area contributed by atoms with E-state index >= 15 is 0 Å². The summed E-state index contributed by atoms with van der Waals surface area (Å²) in [4.78, 5) is 28.9. The molecule has 1 saturated carbocycles. The van der Waals surface area contributed by atoms with Crippen LogP contribution in [0.2, 0.25) is 0 Å². The fourth-order valence-electron chi connectivity index (χ4n) is 4.58. The molecule has 3 aromatic rings. The second-order valence-corrected chi connectivity index (χ2v) is 9.10.